The number of hydrogen-bond donors (Lipinski definition) is 3. The van der Waals surface area contributed by atoms with E-state index in [2.05, 4.69) is 31.4 Å². The maximum absolute atomic E-state index is 12.1. The normalized spacial score (nSPS) is 11.0. The van der Waals surface area contributed by atoms with Gasteiger partial charge in [-0.05, 0) is 35.2 Å². The van der Waals surface area contributed by atoms with Crippen LogP contribution >= 0.6 is 0 Å². The van der Waals surface area contributed by atoms with E-state index in [0.29, 0.717) is 11.4 Å². The van der Waals surface area contributed by atoms with Crippen molar-refractivity contribution >= 4 is 23.1 Å². The molecule has 0 atom stereocenters. The average Bonchev–Trinajstić information content (AvgIpc) is 2.37. The van der Waals surface area contributed by atoms with Gasteiger partial charge in [0.05, 0.1) is 0 Å². The fraction of sp³-hybridized carbons (Fsp3) is 0.235. The van der Waals surface area contributed by atoms with Crippen LogP contribution in [0, 0.1) is 0 Å². The number of nitrogens with one attached hydrogen (secondary N) is 2. The van der Waals surface area contributed by atoms with Crippen molar-refractivity contribution in [1.82, 2.24) is 0 Å². The number of carbonyl (C=O) groups is 1. The molecule has 110 valence electrons. The molecule has 0 spiro atoms. The second kappa shape index (κ2) is 5.87. The van der Waals surface area contributed by atoms with Crippen LogP contribution in [0.25, 0.3) is 0 Å². The van der Waals surface area contributed by atoms with Gasteiger partial charge in [0.25, 0.3) is 0 Å². The molecule has 0 saturated carbocycles. The highest BCUT2D eigenvalue weighted by molar-refractivity contribution is 6.00. The van der Waals surface area contributed by atoms with Crippen LogP contribution in [-0.4, -0.2) is 6.03 Å². The molecule has 0 unspecified atom stereocenters. The van der Waals surface area contributed by atoms with Gasteiger partial charge in [0, 0.05) is 17.1 Å². The van der Waals surface area contributed by atoms with Crippen LogP contribution in [0.3, 0.4) is 0 Å². The molecular formula is C17H21N3O. The first-order valence-electron chi connectivity index (χ1n) is 6.89. The molecule has 0 aliphatic heterocycles. The number of benzene rings is 2. The predicted molar refractivity (Wildman–Crippen MR) is 88.6 cm³/mol. The molecule has 0 radical (unpaired) electrons. The highest BCUT2D eigenvalue weighted by atomic mass is 16.2. The van der Waals surface area contributed by atoms with E-state index >= 15 is 0 Å². The molecule has 2 aromatic carbocycles. The van der Waals surface area contributed by atoms with Crippen LogP contribution in [-0.2, 0) is 5.41 Å². The number of rotatable bonds is 2. The summed E-state index contributed by atoms with van der Waals surface area (Å²) in [5.74, 6) is 0. The Morgan fingerprint density at radius 3 is 2.38 bits per heavy atom. The molecule has 2 rings (SSSR count). The molecule has 4 N–H and O–H groups in total. The van der Waals surface area contributed by atoms with Crippen molar-refractivity contribution in [2.75, 3.05) is 16.4 Å². The first kappa shape index (κ1) is 14.9. The second-order valence-corrected chi connectivity index (χ2v) is 6.00. The molecule has 4 heteroatoms. The smallest absolute Gasteiger partial charge is 0.323 e. The Morgan fingerprint density at radius 1 is 1.00 bits per heavy atom. The van der Waals surface area contributed by atoms with E-state index in [4.69, 9.17) is 5.73 Å². The van der Waals surface area contributed by atoms with Crippen molar-refractivity contribution in [3.8, 4) is 0 Å². The van der Waals surface area contributed by atoms with Gasteiger partial charge in [-0.25, -0.2) is 4.79 Å². The summed E-state index contributed by atoms with van der Waals surface area (Å²) in [6.45, 7) is 6.34. The predicted octanol–water partition coefficient (Wildman–Crippen LogP) is 4.21. The Morgan fingerprint density at radius 2 is 1.71 bits per heavy atom. The number of nitrogens with two attached hydrogens (primary N) is 1. The molecule has 0 bridgehead atoms. The molecule has 2 amide bonds. The molecule has 0 aliphatic rings. The molecule has 0 aromatic heterocycles. The summed E-state index contributed by atoms with van der Waals surface area (Å²) in [5.41, 5.74) is 8.84. The Balaban J connectivity index is 2.14. The number of amides is 2. The van der Waals surface area contributed by atoms with Gasteiger partial charge in [0.1, 0.15) is 0 Å². The van der Waals surface area contributed by atoms with Gasteiger partial charge < -0.3 is 16.4 Å². The minimum absolute atomic E-state index is 0.0406. The number of hydrogen-bond acceptors (Lipinski definition) is 2. The van der Waals surface area contributed by atoms with Crippen molar-refractivity contribution in [2.45, 2.75) is 26.2 Å². The van der Waals surface area contributed by atoms with Gasteiger partial charge in [-0.1, -0.05) is 45.0 Å². The maximum Gasteiger partial charge on any atom is 0.323 e. The summed E-state index contributed by atoms with van der Waals surface area (Å²) in [6, 6.07) is 14.6. The van der Waals surface area contributed by atoms with Gasteiger partial charge in [0.15, 0.2) is 0 Å². The number of urea groups is 1. The van der Waals surface area contributed by atoms with Gasteiger partial charge in [-0.2, -0.15) is 0 Å². The lowest BCUT2D eigenvalue weighted by Gasteiger charge is -2.23. The van der Waals surface area contributed by atoms with E-state index < -0.39 is 0 Å². The lowest BCUT2D eigenvalue weighted by molar-refractivity contribution is 0.262. The summed E-state index contributed by atoms with van der Waals surface area (Å²) in [5, 5.41) is 5.67. The zero-order chi connectivity index (χ0) is 15.5. The molecule has 0 saturated heterocycles. The lowest BCUT2D eigenvalue weighted by atomic mass is 9.86. The number of carbonyl (C=O) groups excluding carboxylic acids is 1. The third-order valence-electron chi connectivity index (χ3n) is 3.13. The van der Waals surface area contributed by atoms with E-state index in [1.165, 1.54) is 0 Å². The van der Waals surface area contributed by atoms with Crippen molar-refractivity contribution in [3.63, 3.8) is 0 Å². The maximum atomic E-state index is 12.1. The molecule has 21 heavy (non-hydrogen) atoms. The van der Waals surface area contributed by atoms with Crippen LogP contribution < -0.4 is 16.4 Å². The number of nitrogen functional groups attached to an aromatic ring is 1. The zero-order valence-electron chi connectivity index (χ0n) is 12.6. The first-order chi connectivity index (χ1) is 9.86. The Labute approximate surface area is 125 Å². The SMILES string of the molecule is CC(C)(C)c1ccccc1NC(=O)Nc1cccc(N)c1. The number of anilines is 3. The highest BCUT2D eigenvalue weighted by Gasteiger charge is 2.18. The minimum Gasteiger partial charge on any atom is -0.399 e. The van der Waals surface area contributed by atoms with Crippen LogP contribution in [0.15, 0.2) is 48.5 Å². The monoisotopic (exact) mass is 283 g/mol. The standard InChI is InChI=1S/C17H21N3O/c1-17(2,3)14-9-4-5-10-15(14)20-16(21)19-13-8-6-7-12(18)11-13/h4-11H,18H2,1-3H3,(H2,19,20,21). The van der Waals surface area contributed by atoms with E-state index in [1.807, 2.05) is 24.3 Å². The van der Waals surface area contributed by atoms with Crippen molar-refractivity contribution in [2.24, 2.45) is 0 Å². The lowest BCUT2D eigenvalue weighted by Crippen LogP contribution is -2.22. The molecular weight excluding hydrogens is 262 g/mol. The van der Waals surface area contributed by atoms with Crippen LogP contribution in [0.5, 0.6) is 0 Å². The van der Waals surface area contributed by atoms with Gasteiger partial charge in [0.2, 0.25) is 0 Å². The molecule has 0 aliphatic carbocycles. The summed E-state index contributed by atoms with van der Waals surface area (Å²) < 4.78 is 0. The molecule has 4 nitrogen and oxygen atoms in total. The summed E-state index contributed by atoms with van der Waals surface area (Å²) >= 11 is 0. The van der Waals surface area contributed by atoms with Gasteiger partial charge >= 0.3 is 6.03 Å². The molecule has 0 heterocycles. The Bertz CT molecular complexity index is 644. The van der Waals surface area contributed by atoms with Crippen LogP contribution in [0.1, 0.15) is 26.3 Å². The van der Waals surface area contributed by atoms with Crippen molar-refractivity contribution < 1.29 is 4.79 Å². The topological polar surface area (TPSA) is 67.2 Å². The average molecular weight is 283 g/mol. The van der Waals surface area contributed by atoms with Crippen molar-refractivity contribution in [1.29, 1.82) is 0 Å². The summed E-state index contributed by atoms with van der Waals surface area (Å²) in [6.07, 6.45) is 0. The Hall–Kier alpha value is -2.49. The summed E-state index contributed by atoms with van der Waals surface area (Å²) in [7, 11) is 0. The van der Waals surface area contributed by atoms with Crippen LogP contribution in [0.4, 0.5) is 21.9 Å². The first-order valence-corrected chi connectivity index (χ1v) is 6.89. The van der Waals surface area contributed by atoms with Gasteiger partial charge in [-0.15, -0.1) is 0 Å². The quantitative estimate of drug-likeness (QED) is 0.723. The van der Waals surface area contributed by atoms with E-state index in [9.17, 15) is 4.79 Å². The zero-order valence-corrected chi connectivity index (χ0v) is 12.6. The molecule has 0 fully saturated rings. The van der Waals surface area contributed by atoms with Crippen molar-refractivity contribution in [3.05, 3.63) is 54.1 Å². The summed E-state index contributed by atoms with van der Waals surface area (Å²) in [4.78, 5) is 12.1. The van der Waals surface area contributed by atoms with E-state index in [0.717, 1.165) is 11.3 Å². The fourth-order valence-electron chi connectivity index (χ4n) is 2.15. The fourth-order valence-corrected chi connectivity index (χ4v) is 2.15. The molecule has 2 aromatic rings. The largest absolute Gasteiger partial charge is 0.399 e. The third kappa shape index (κ3) is 3.99. The van der Waals surface area contributed by atoms with Crippen LogP contribution in [0.2, 0.25) is 0 Å². The highest BCUT2D eigenvalue weighted by Crippen LogP contribution is 2.29. The second-order valence-electron chi connectivity index (χ2n) is 6.00. The van der Waals surface area contributed by atoms with Gasteiger partial charge in [-0.3, -0.25) is 0 Å². The third-order valence-corrected chi connectivity index (χ3v) is 3.13. The Kier molecular flexibility index (Phi) is 4.17. The minimum atomic E-state index is -0.280. The number of para-hydroxylation sites is 1. The van der Waals surface area contributed by atoms with E-state index in [1.54, 1.807) is 24.3 Å². The van der Waals surface area contributed by atoms with E-state index in [-0.39, 0.29) is 11.4 Å².